The molecule has 33 heavy (non-hydrogen) atoms. The molecule has 0 fully saturated rings. The van der Waals surface area contributed by atoms with E-state index in [0.29, 0.717) is 23.8 Å². The van der Waals surface area contributed by atoms with E-state index in [-0.39, 0.29) is 5.91 Å². The highest BCUT2D eigenvalue weighted by atomic mass is 16.5. The van der Waals surface area contributed by atoms with E-state index in [2.05, 4.69) is 66.2 Å². The number of methoxy groups -OCH3 is 1. The lowest BCUT2D eigenvalue weighted by Crippen LogP contribution is -2.25. The Morgan fingerprint density at radius 1 is 1.03 bits per heavy atom. The third-order valence-electron chi connectivity index (χ3n) is 5.92. The summed E-state index contributed by atoms with van der Waals surface area (Å²) in [7, 11) is 1.60. The number of nitrogens with zero attached hydrogens (tertiary/aromatic N) is 2. The van der Waals surface area contributed by atoms with Gasteiger partial charge in [-0.2, -0.15) is 0 Å². The molecule has 4 rings (SSSR count). The minimum Gasteiger partial charge on any atom is -0.497 e. The molecule has 1 N–H and O–H groups in total. The van der Waals surface area contributed by atoms with Crippen molar-refractivity contribution in [1.82, 2.24) is 14.9 Å². The van der Waals surface area contributed by atoms with Crippen molar-refractivity contribution in [1.29, 1.82) is 0 Å². The lowest BCUT2D eigenvalue weighted by molar-refractivity contribution is 0.0953. The number of rotatable bonds is 9. The molecule has 4 aromatic rings. The molecule has 0 aliphatic carbocycles. The van der Waals surface area contributed by atoms with E-state index in [1.165, 1.54) is 11.1 Å². The molecular formula is C28H31N3O2. The fraction of sp³-hybridized carbons (Fsp3) is 0.286. The standard InChI is InChI=1S/C28H31N3O2/c1-20(2)22-15-13-21(14-16-22)19-31-26-11-5-4-10-25(26)30-27(31)12-7-17-29-28(32)23-8-6-9-24(18-23)33-3/h4-6,8-11,13-16,18,20H,7,12,17,19H2,1-3H3,(H,29,32). The van der Waals surface area contributed by atoms with Gasteiger partial charge in [-0.05, 0) is 53.8 Å². The van der Waals surface area contributed by atoms with Crippen LogP contribution in [0.15, 0.2) is 72.8 Å². The van der Waals surface area contributed by atoms with E-state index < -0.39 is 0 Å². The topological polar surface area (TPSA) is 56.1 Å². The van der Waals surface area contributed by atoms with Gasteiger partial charge >= 0.3 is 0 Å². The van der Waals surface area contributed by atoms with Gasteiger partial charge in [-0.15, -0.1) is 0 Å². The Hall–Kier alpha value is -3.60. The van der Waals surface area contributed by atoms with E-state index in [1.54, 1.807) is 19.2 Å². The molecule has 1 heterocycles. The molecule has 170 valence electrons. The number of aryl methyl sites for hydroxylation is 1. The third-order valence-corrected chi connectivity index (χ3v) is 5.92. The van der Waals surface area contributed by atoms with E-state index in [9.17, 15) is 4.79 Å². The van der Waals surface area contributed by atoms with Gasteiger partial charge in [0.05, 0.1) is 18.1 Å². The highest BCUT2D eigenvalue weighted by Crippen LogP contribution is 2.21. The van der Waals surface area contributed by atoms with Crippen LogP contribution in [0.1, 0.15) is 53.5 Å². The van der Waals surface area contributed by atoms with Crippen molar-refractivity contribution in [2.45, 2.75) is 39.2 Å². The molecule has 0 atom stereocenters. The number of nitrogens with one attached hydrogen (secondary N) is 1. The zero-order valence-corrected chi connectivity index (χ0v) is 19.5. The molecule has 0 saturated heterocycles. The van der Waals surface area contributed by atoms with Crippen molar-refractivity contribution in [2.75, 3.05) is 13.7 Å². The van der Waals surface area contributed by atoms with Crippen LogP contribution in [0.2, 0.25) is 0 Å². The van der Waals surface area contributed by atoms with Crippen LogP contribution in [-0.4, -0.2) is 29.1 Å². The van der Waals surface area contributed by atoms with Gasteiger partial charge in [0.25, 0.3) is 5.91 Å². The lowest BCUT2D eigenvalue weighted by Gasteiger charge is -2.12. The van der Waals surface area contributed by atoms with Crippen molar-refractivity contribution in [2.24, 2.45) is 0 Å². The minimum atomic E-state index is -0.0901. The first-order chi connectivity index (χ1) is 16.0. The third kappa shape index (κ3) is 5.43. The number of imidazole rings is 1. The average molecular weight is 442 g/mol. The molecule has 5 nitrogen and oxygen atoms in total. The molecule has 0 bridgehead atoms. The van der Waals surface area contributed by atoms with Crippen LogP contribution in [0.4, 0.5) is 0 Å². The maximum atomic E-state index is 12.5. The quantitative estimate of drug-likeness (QED) is 0.345. The SMILES string of the molecule is COc1cccc(C(=O)NCCCc2nc3ccccc3n2Cc2ccc(C(C)C)cc2)c1. The Balaban J connectivity index is 1.43. The van der Waals surface area contributed by atoms with Gasteiger partial charge in [-0.1, -0.05) is 56.3 Å². The molecule has 1 amide bonds. The molecule has 3 aromatic carbocycles. The first kappa shape index (κ1) is 22.6. The highest BCUT2D eigenvalue weighted by Gasteiger charge is 2.12. The van der Waals surface area contributed by atoms with Gasteiger partial charge < -0.3 is 14.6 Å². The van der Waals surface area contributed by atoms with E-state index in [0.717, 1.165) is 36.2 Å². The van der Waals surface area contributed by atoms with E-state index in [1.807, 2.05) is 18.2 Å². The fourth-order valence-corrected chi connectivity index (χ4v) is 4.00. The number of ether oxygens (including phenoxy) is 1. The average Bonchev–Trinajstić information content (AvgIpc) is 3.19. The molecule has 0 unspecified atom stereocenters. The number of benzene rings is 3. The summed E-state index contributed by atoms with van der Waals surface area (Å²) in [6, 6.07) is 24.3. The van der Waals surface area contributed by atoms with Gasteiger partial charge in [0.15, 0.2) is 0 Å². The number of aromatic nitrogens is 2. The van der Waals surface area contributed by atoms with Crippen molar-refractivity contribution in [3.8, 4) is 5.75 Å². The number of fused-ring (bicyclic) bond motifs is 1. The van der Waals surface area contributed by atoms with E-state index in [4.69, 9.17) is 9.72 Å². The molecular weight excluding hydrogens is 410 g/mol. The number of para-hydroxylation sites is 2. The molecule has 0 spiro atoms. The monoisotopic (exact) mass is 441 g/mol. The Morgan fingerprint density at radius 2 is 1.82 bits per heavy atom. The fourth-order valence-electron chi connectivity index (χ4n) is 4.00. The molecule has 0 saturated carbocycles. The first-order valence-electron chi connectivity index (χ1n) is 11.5. The van der Waals surface area contributed by atoms with Crippen molar-refractivity contribution in [3.05, 3.63) is 95.3 Å². The zero-order valence-electron chi connectivity index (χ0n) is 19.5. The minimum absolute atomic E-state index is 0.0901. The molecule has 5 heteroatoms. The number of hydrogen-bond donors (Lipinski definition) is 1. The maximum Gasteiger partial charge on any atom is 0.251 e. The second kappa shape index (κ2) is 10.3. The number of hydrogen-bond acceptors (Lipinski definition) is 3. The van der Waals surface area contributed by atoms with Crippen LogP contribution in [-0.2, 0) is 13.0 Å². The van der Waals surface area contributed by atoms with Gasteiger partial charge in [-0.25, -0.2) is 4.98 Å². The normalized spacial score (nSPS) is 11.2. The molecule has 0 aliphatic rings. The second-order valence-electron chi connectivity index (χ2n) is 8.59. The first-order valence-corrected chi connectivity index (χ1v) is 11.5. The summed E-state index contributed by atoms with van der Waals surface area (Å²) in [6.07, 6.45) is 1.60. The van der Waals surface area contributed by atoms with Crippen molar-refractivity contribution in [3.63, 3.8) is 0 Å². The highest BCUT2D eigenvalue weighted by molar-refractivity contribution is 5.94. The largest absolute Gasteiger partial charge is 0.497 e. The van der Waals surface area contributed by atoms with Gasteiger partial charge in [-0.3, -0.25) is 4.79 Å². The summed E-state index contributed by atoms with van der Waals surface area (Å²) in [4.78, 5) is 17.3. The van der Waals surface area contributed by atoms with Crippen LogP contribution in [0, 0.1) is 0 Å². The van der Waals surface area contributed by atoms with Crippen LogP contribution >= 0.6 is 0 Å². The van der Waals surface area contributed by atoms with Gasteiger partial charge in [0.2, 0.25) is 0 Å². The lowest BCUT2D eigenvalue weighted by atomic mass is 10.0. The Labute approximate surface area is 195 Å². The van der Waals surface area contributed by atoms with Gasteiger partial charge in [0, 0.05) is 25.1 Å². The summed E-state index contributed by atoms with van der Waals surface area (Å²) in [5.74, 6) is 2.15. The summed E-state index contributed by atoms with van der Waals surface area (Å²) < 4.78 is 7.50. The summed E-state index contributed by atoms with van der Waals surface area (Å²) in [5, 5.41) is 3.01. The van der Waals surface area contributed by atoms with Crippen LogP contribution in [0.5, 0.6) is 5.75 Å². The molecule has 0 radical (unpaired) electrons. The number of amides is 1. The van der Waals surface area contributed by atoms with E-state index >= 15 is 0 Å². The van der Waals surface area contributed by atoms with Crippen LogP contribution in [0.25, 0.3) is 11.0 Å². The predicted octanol–water partition coefficient (Wildman–Crippen LogP) is 5.58. The second-order valence-corrected chi connectivity index (χ2v) is 8.59. The molecule has 0 aliphatic heterocycles. The Bertz CT molecular complexity index is 1230. The predicted molar refractivity (Wildman–Crippen MR) is 133 cm³/mol. The maximum absolute atomic E-state index is 12.5. The Kier molecular flexibility index (Phi) is 7.08. The molecule has 1 aromatic heterocycles. The summed E-state index contributed by atoms with van der Waals surface area (Å²) in [5.41, 5.74) is 5.36. The van der Waals surface area contributed by atoms with Gasteiger partial charge in [0.1, 0.15) is 11.6 Å². The summed E-state index contributed by atoms with van der Waals surface area (Å²) >= 11 is 0. The number of carbonyl (C=O) groups is 1. The summed E-state index contributed by atoms with van der Waals surface area (Å²) in [6.45, 7) is 5.79. The smallest absolute Gasteiger partial charge is 0.251 e. The van der Waals surface area contributed by atoms with Crippen LogP contribution in [0.3, 0.4) is 0 Å². The number of carbonyl (C=O) groups excluding carboxylic acids is 1. The van der Waals surface area contributed by atoms with Crippen molar-refractivity contribution >= 4 is 16.9 Å². The Morgan fingerprint density at radius 3 is 2.58 bits per heavy atom. The zero-order chi connectivity index (χ0) is 23.2. The van der Waals surface area contributed by atoms with Crippen molar-refractivity contribution < 1.29 is 9.53 Å². The van der Waals surface area contributed by atoms with Crippen LogP contribution < -0.4 is 10.1 Å².